The summed E-state index contributed by atoms with van der Waals surface area (Å²) in [6, 6.07) is 64.3. The molecule has 24 heteroatoms. The Hall–Kier alpha value is -13.6. The number of fused-ring (bicyclic) bond motifs is 2. The van der Waals surface area contributed by atoms with E-state index >= 15 is 0 Å². The first-order valence-corrected chi connectivity index (χ1v) is 27.8. The Balaban J connectivity index is 1.12. The summed E-state index contributed by atoms with van der Waals surface area (Å²) in [6.45, 7) is 0. The van der Waals surface area contributed by atoms with Crippen molar-refractivity contribution < 1.29 is 38.6 Å². The zero-order chi connectivity index (χ0) is 63.2. The minimum Gasteiger partial charge on any atom is -0.454 e. The zero-order valence-corrected chi connectivity index (χ0v) is 47.4. The van der Waals surface area contributed by atoms with Crippen molar-refractivity contribution in [2.24, 2.45) is 40.9 Å². The smallest absolute Gasteiger partial charge is 0.271 e. The molecule has 13 aromatic rings. The summed E-state index contributed by atoms with van der Waals surface area (Å²) in [5.74, 6) is 0.669. The van der Waals surface area contributed by atoms with E-state index in [1.807, 2.05) is 0 Å². The Kier molecular flexibility index (Phi) is 15.6. The quantitative estimate of drug-likeness (QED) is 0.0226. The first-order valence-electron chi connectivity index (χ1n) is 27.8. The Morgan fingerprint density at radius 3 is 0.641 bits per heavy atom. The average molecular weight is 1220 g/mol. The number of benzene rings is 13. The van der Waals surface area contributed by atoms with Gasteiger partial charge in [-0.2, -0.15) is 20.5 Å². The van der Waals surface area contributed by atoms with Gasteiger partial charge in [0, 0.05) is 80.8 Å². The van der Waals surface area contributed by atoms with Gasteiger partial charge >= 0.3 is 0 Å². The van der Waals surface area contributed by atoms with Gasteiger partial charge in [-0.05, 0) is 108 Å². The Morgan fingerprint density at radius 2 is 0.435 bits per heavy atom. The number of azo groups is 4. The lowest BCUT2D eigenvalue weighted by Gasteiger charge is -2.23. The van der Waals surface area contributed by atoms with Crippen molar-refractivity contribution in [1.82, 2.24) is 0 Å². The number of hydrogen-bond donors (Lipinski definition) is 0. The van der Waals surface area contributed by atoms with Crippen molar-refractivity contribution in [3.05, 3.63) is 283 Å². The molecule has 0 unspecified atom stereocenters. The Labute approximate surface area is 517 Å². The maximum absolute atomic E-state index is 12.3. The third kappa shape index (κ3) is 12.0. The molecule has 0 spiro atoms. The van der Waals surface area contributed by atoms with Gasteiger partial charge in [-0.1, -0.05) is 97.1 Å². The zero-order valence-electron chi connectivity index (χ0n) is 47.4. The minimum absolute atomic E-state index is 0.0211. The van der Waals surface area contributed by atoms with Crippen LogP contribution < -0.4 is 18.9 Å². The van der Waals surface area contributed by atoms with Crippen LogP contribution in [0.1, 0.15) is 0 Å². The first-order chi connectivity index (χ1) is 44.9. The van der Waals surface area contributed by atoms with E-state index in [0.29, 0.717) is 65.8 Å². The van der Waals surface area contributed by atoms with Crippen LogP contribution >= 0.6 is 0 Å². The topological polar surface area (TPSA) is 308 Å². The molecular formula is C68H40N12O12. The van der Waals surface area contributed by atoms with Gasteiger partial charge in [0.05, 0.1) is 42.4 Å². The fraction of sp³-hybridized carbons (Fsp3) is 0. The van der Waals surface area contributed by atoms with Gasteiger partial charge in [0.25, 0.3) is 22.7 Å². The van der Waals surface area contributed by atoms with Gasteiger partial charge in [-0.3, -0.25) is 40.5 Å². The molecule has 0 saturated carbocycles. The summed E-state index contributed by atoms with van der Waals surface area (Å²) in [5.41, 5.74) is 0.463. The highest BCUT2D eigenvalue weighted by molar-refractivity contribution is 6.37. The lowest BCUT2D eigenvalue weighted by molar-refractivity contribution is -0.385. The van der Waals surface area contributed by atoms with Crippen LogP contribution in [-0.2, 0) is 0 Å². The predicted octanol–water partition coefficient (Wildman–Crippen LogP) is 22.2. The molecule has 92 heavy (non-hydrogen) atoms. The highest BCUT2D eigenvalue weighted by atomic mass is 16.6. The predicted molar refractivity (Wildman–Crippen MR) is 343 cm³/mol. The fourth-order valence-electron chi connectivity index (χ4n) is 10.1. The van der Waals surface area contributed by atoms with E-state index in [2.05, 4.69) is 40.9 Å². The van der Waals surface area contributed by atoms with Crippen molar-refractivity contribution in [3.63, 3.8) is 0 Å². The number of ether oxygens (including phenoxy) is 4. The monoisotopic (exact) mass is 1220 g/mol. The molecule has 0 heterocycles. The second kappa shape index (κ2) is 25.0. The van der Waals surface area contributed by atoms with Gasteiger partial charge in [0.15, 0.2) is 23.0 Å². The summed E-state index contributed by atoms with van der Waals surface area (Å²) in [6.07, 6.45) is 0. The van der Waals surface area contributed by atoms with Crippen molar-refractivity contribution >= 4 is 111 Å². The molecular weight excluding hydrogens is 1180 g/mol. The van der Waals surface area contributed by atoms with Crippen LogP contribution in [0.25, 0.3) is 43.1 Å². The summed E-state index contributed by atoms with van der Waals surface area (Å²) < 4.78 is 28.0. The molecule has 13 rings (SSSR count). The number of nitro groups is 4. The van der Waals surface area contributed by atoms with E-state index in [1.54, 1.807) is 170 Å². The molecule has 0 aromatic heterocycles. The molecule has 13 aromatic carbocycles. The van der Waals surface area contributed by atoms with Gasteiger partial charge in [0.2, 0.25) is 0 Å². The summed E-state index contributed by atoms with van der Waals surface area (Å²) in [7, 11) is 0. The van der Waals surface area contributed by atoms with Crippen LogP contribution in [0.15, 0.2) is 284 Å². The van der Waals surface area contributed by atoms with Crippen LogP contribution in [0, 0.1) is 40.5 Å². The van der Waals surface area contributed by atoms with E-state index < -0.39 is 19.7 Å². The number of hydrogen-bond acceptors (Lipinski definition) is 20. The molecule has 0 fully saturated rings. The van der Waals surface area contributed by atoms with Gasteiger partial charge in [-0.15, -0.1) is 20.5 Å². The molecule has 0 atom stereocenters. The molecule has 0 aliphatic heterocycles. The van der Waals surface area contributed by atoms with Gasteiger partial charge < -0.3 is 18.9 Å². The molecule has 0 bridgehead atoms. The normalized spacial score (nSPS) is 11.7. The number of rotatable bonds is 20. The summed E-state index contributed by atoms with van der Waals surface area (Å²) in [5, 5.41) is 88.1. The molecule has 0 N–H and O–H groups in total. The van der Waals surface area contributed by atoms with Crippen molar-refractivity contribution in [1.29, 1.82) is 0 Å². The number of non-ortho nitro benzene ring substituents is 4. The Bertz CT molecular complexity index is 4560. The van der Waals surface area contributed by atoms with E-state index in [0.717, 1.165) is 0 Å². The SMILES string of the molecule is O=[N+]([O-])c1ccc(Oc2ccc3ccc(Oc4ccc([N+](=O)[O-])cc4N=Nc4ccccc4)c4c5c(Oc6ccc([N+](=O)[O-])cc6N=Nc6ccccc6)ccc6ccc(Oc7ccc([N+](=O)[O-])cc7N=Nc7ccccc7)c(c2c34)c65)c(N=Nc2ccccc2)c1. The van der Waals surface area contributed by atoms with Gasteiger partial charge in [0.1, 0.15) is 45.7 Å². The molecule has 0 aliphatic rings. The molecule has 444 valence electrons. The second-order valence-corrected chi connectivity index (χ2v) is 20.1. The fourth-order valence-corrected chi connectivity index (χ4v) is 10.1. The third-order valence-electron chi connectivity index (χ3n) is 14.3. The van der Waals surface area contributed by atoms with Crippen LogP contribution in [0.2, 0.25) is 0 Å². The second-order valence-electron chi connectivity index (χ2n) is 20.1. The largest absolute Gasteiger partial charge is 0.454 e. The molecule has 0 radical (unpaired) electrons. The van der Waals surface area contributed by atoms with E-state index in [4.69, 9.17) is 18.9 Å². The standard InChI is InChI=1S/C68H40N12O12/c81-77(82)47-25-33-55(51(37-47)73-69-43-13-5-1-6-14-43)89-59-29-21-41-22-31-61(91-57-35-27-49(79(85)86)39-53(57)75-71-45-17-9-3-10-18-45)67-63(41)65(59)66-60(90-56-34-26-48(78(83)84)38-52(56)74-70-44-15-7-2-8-16-44)30-23-42-24-32-62(68(67)64(42)66)92-58-36-28-50(80(87)88)40-54(58)76-72-46-19-11-4-12-20-46/h1-40H. The van der Waals surface area contributed by atoms with Crippen molar-refractivity contribution in [3.8, 4) is 46.0 Å². The van der Waals surface area contributed by atoms with E-state index in [1.165, 1.54) is 72.8 Å². The summed E-state index contributed by atoms with van der Waals surface area (Å²) in [4.78, 5) is 47.1. The summed E-state index contributed by atoms with van der Waals surface area (Å²) >= 11 is 0. The highest BCUT2D eigenvalue weighted by Gasteiger charge is 2.28. The van der Waals surface area contributed by atoms with Crippen LogP contribution in [0.4, 0.5) is 68.2 Å². The Morgan fingerprint density at radius 1 is 0.228 bits per heavy atom. The van der Waals surface area contributed by atoms with Crippen LogP contribution in [0.5, 0.6) is 46.0 Å². The van der Waals surface area contributed by atoms with E-state index in [-0.39, 0.29) is 91.5 Å². The first kappa shape index (κ1) is 57.4. The lowest BCUT2D eigenvalue weighted by atomic mass is 9.88. The third-order valence-corrected chi connectivity index (χ3v) is 14.3. The number of nitrogens with zero attached hydrogens (tertiary/aromatic N) is 12. The molecule has 24 nitrogen and oxygen atoms in total. The minimum atomic E-state index is -0.573. The molecule has 0 aliphatic carbocycles. The molecule has 0 saturated heterocycles. The average Bonchev–Trinajstić information content (AvgIpc) is 0.700. The molecule has 0 amide bonds. The van der Waals surface area contributed by atoms with Gasteiger partial charge in [-0.25, -0.2) is 0 Å². The maximum atomic E-state index is 12.3. The highest BCUT2D eigenvalue weighted by Crippen LogP contribution is 2.56. The van der Waals surface area contributed by atoms with E-state index in [9.17, 15) is 40.5 Å². The van der Waals surface area contributed by atoms with Crippen molar-refractivity contribution in [2.75, 3.05) is 0 Å². The van der Waals surface area contributed by atoms with Crippen molar-refractivity contribution in [2.45, 2.75) is 0 Å². The van der Waals surface area contributed by atoms with Crippen LogP contribution in [-0.4, -0.2) is 19.7 Å². The van der Waals surface area contributed by atoms with Crippen LogP contribution in [0.3, 0.4) is 0 Å². The number of nitro benzene ring substituents is 4. The maximum Gasteiger partial charge on any atom is 0.271 e. The lowest BCUT2D eigenvalue weighted by Crippen LogP contribution is -1.98.